The monoisotopic (exact) mass is 464 g/mol. The van der Waals surface area contributed by atoms with Gasteiger partial charge in [-0.3, -0.25) is 9.52 Å². The molecule has 0 aliphatic rings. The van der Waals surface area contributed by atoms with E-state index in [1.54, 1.807) is 60.7 Å². The summed E-state index contributed by atoms with van der Waals surface area (Å²) in [6.45, 7) is 1.62. The molecule has 1 heterocycles. The fourth-order valence-corrected chi connectivity index (χ4v) is 4.09. The Morgan fingerprint density at radius 3 is 2.30 bits per heavy atom. The number of benzene rings is 3. The lowest BCUT2D eigenvalue weighted by atomic mass is 10.2. The van der Waals surface area contributed by atoms with Crippen LogP contribution in [0.3, 0.4) is 0 Å². The average molecular weight is 464 g/mol. The molecule has 0 aliphatic carbocycles. The number of carbonyl (C=O) groups excluding carboxylic acids is 1. The molecule has 0 fully saturated rings. The minimum Gasteiger partial charge on any atom is -0.484 e. The highest BCUT2D eigenvalue weighted by molar-refractivity contribution is 7.92. The van der Waals surface area contributed by atoms with Crippen LogP contribution in [0.2, 0.25) is 0 Å². The van der Waals surface area contributed by atoms with Crippen molar-refractivity contribution in [3.05, 3.63) is 94.8 Å². The van der Waals surface area contributed by atoms with Gasteiger partial charge in [0.2, 0.25) is 0 Å². The summed E-state index contributed by atoms with van der Waals surface area (Å²) < 4.78 is 38.0. The van der Waals surface area contributed by atoms with Crippen LogP contribution < -0.4 is 20.4 Å². The summed E-state index contributed by atoms with van der Waals surface area (Å²) in [6.07, 6.45) is 0. The van der Waals surface area contributed by atoms with Gasteiger partial charge in [-0.1, -0.05) is 17.7 Å². The Balaban J connectivity index is 1.34. The molecular weight excluding hydrogens is 444 g/mol. The van der Waals surface area contributed by atoms with E-state index in [1.807, 2.05) is 6.92 Å². The molecule has 8 nitrogen and oxygen atoms in total. The van der Waals surface area contributed by atoms with Crippen molar-refractivity contribution < 1.29 is 22.4 Å². The van der Waals surface area contributed by atoms with Crippen LogP contribution in [0.15, 0.2) is 93.0 Å². The van der Waals surface area contributed by atoms with Crippen molar-refractivity contribution in [1.29, 1.82) is 0 Å². The summed E-state index contributed by atoms with van der Waals surface area (Å²) in [6, 6.07) is 20.7. The molecule has 0 aliphatic heterocycles. The highest BCUT2D eigenvalue weighted by Crippen LogP contribution is 2.21. The van der Waals surface area contributed by atoms with Gasteiger partial charge in [-0.25, -0.2) is 13.2 Å². The molecule has 168 valence electrons. The number of hydrogen-bond acceptors (Lipinski definition) is 6. The lowest BCUT2D eigenvalue weighted by molar-refractivity contribution is -0.118. The first kappa shape index (κ1) is 22.1. The fraction of sp³-hybridized carbons (Fsp3) is 0.0833. The number of nitrogens with one attached hydrogen (secondary N) is 2. The van der Waals surface area contributed by atoms with Crippen LogP contribution in [0.25, 0.3) is 11.0 Å². The molecule has 0 spiro atoms. The highest BCUT2D eigenvalue weighted by atomic mass is 32.2. The third-order valence-electron chi connectivity index (χ3n) is 4.72. The van der Waals surface area contributed by atoms with E-state index in [-0.39, 0.29) is 11.5 Å². The van der Waals surface area contributed by atoms with E-state index < -0.39 is 21.6 Å². The normalized spacial score (nSPS) is 11.2. The van der Waals surface area contributed by atoms with Gasteiger partial charge in [0.25, 0.3) is 15.9 Å². The second kappa shape index (κ2) is 9.17. The molecule has 3 aromatic carbocycles. The van der Waals surface area contributed by atoms with E-state index >= 15 is 0 Å². The van der Waals surface area contributed by atoms with E-state index in [1.165, 1.54) is 18.2 Å². The van der Waals surface area contributed by atoms with E-state index in [0.717, 1.165) is 10.9 Å². The average Bonchev–Trinajstić information content (AvgIpc) is 2.79. The number of fused-ring (bicyclic) bond motifs is 1. The summed E-state index contributed by atoms with van der Waals surface area (Å²) in [5.74, 6) is -0.0227. The van der Waals surface area contributed by atoms with Gasteiger partial charge in [0.1, 0.15) is 11.3 Å². The molecule has 0 radical (unpaired) electrons. The molecule has 2 N–H and O–H groups in total. The fourth-order valence-electron chi connectivity index (χ4n) is 3.03. The van der Waals surface area contributed by atoms with Crippen LogP contribution in [-0.2, 0) is 14.8 Å². The molecule has 4 aromatic rings. The molecule has 9 heteroatoms. The first-order chi connectivity index (χ1) is 15.8. The summed E-state index contributed by atoms with van der Waals surface area (Å²) in [5, 5.41) is 3.41. The van der Waals surface area contributed by atoms with E-state index in [4.69, 9.17) is 9.15 Å². The van der Waals surface area contributed by atoms with Gasteiger partial charge in [-0.2, -0.15) is 0 Å². The standard InChI is InChI=1S/C24H20N2O6S/c1-16-2-11-21(12-3-16)33(29,30)26-19-8-6-18(7-9-19)25-23(27)15-31-20-10-4-17-5-13-24(28)32-22(17)14-20/h2-14,26H,15H2,1H3,(H,25,27). The van der Waals surface area contributed by atoms with Crippen LogP contribution in [0.4, 0.5) is 11.4 Å². The predicted molar refractivity (Wildman–Crippen MR) is 125 cm³/mol. The number of anilines is 2. The molecule has 0 bridgehead atoms. The SMILES string of the molecule is Cc1ccc(S(=O)(=O)Nc2ccc(NC(=O)COc3ccc4ccc(=O)oc4c3)cc2)cc1. The number of carbonyl (C=O) groups is 1. The zero-order valence-corrected chi connectivity index (χ0v) is 18.4. The third-order valence-corrected chi connectivity index (χ3v) is 6.11. The first-order valence-corrected chi connectivity index (χ1v) is 11.4. The zero-order chi connectivity index (χ0) is 23.4. The van der Waals surface area contributed by atoms with E-state index in [2.05, 4.69) is 10.0 Å². The van der Waals surface area contributed by atoms with Gasteiger partial charge in [0.15, 0.2) is 6.61 Å². The Labute approximate surface area is 189 Å². The molecule has 4 rings (SSSR count). The predicted octanol–water partition coefficient (Wildman–Crippen LogP) is 3.92. The van der Waals surface area contributed by atoms with Gasteiger partial charge in [0, 0.05) is 28.9 Å². The maximum Gasteiger partial charge on any atom is 0.336 e. The third kappa shape index (κ3) is 5.58. The van der Waals surface area contributed by atoms with Crippen molar-refractivity contribution in [2.45, 2.75) is 11.8 Å². The summed E-state index contributed by atoms with van der Waals surface area (Å²) >= 11 is 0. The summed E-state index contributed by atoms with van der Waals surface area (Å²) in [5.41, 5.74) is 1.70. The van der Waals surface area contributed by atoms with Crippen molar-refractivity contribution >= 4 is 38.3 Å². The lowest BCUT2D eigenvalue weighted by Gasteiger charge is -2.10. The number of sulfonamides is 1. The van der Waals surface area contributed by atoms with Gasteiger partial charge < -0.3 is 14.5 Å². The van der Waals surface area contributed by atoms with Crippen molar-refractivity contribution in [1.82, 2.24) is 0 Å². The summed E-state index contributed by atoms with van der Waals surface area (Å²) in [7, 11) is -3.71. The van der Waals surface area contributed by atoms with Crippen LogP contribution in [-0.4, -0.2) is 20.9 Å². The van der Waals surface area contributed by atoms with Gasteiger partial charge in [0.05, 0.1) is 4.90 Å². The minimum atomic E-state index is -3.71. The Morgan fingerprint density at radius 1 is 0.909 bits per heavy atom. The van der Waals surface area contributed by atoms with Gasteiger partial charge >= 0.3 is 5.63 Å². The molecule has 1 aromatic heterocycles. The zero-order valence-electron chi connectivity index (χ0n) is 17.6. The largest absolute Gasteiger partial charge is 0.484 e. The summed E-state index contributed by atoms with van der Waals surface area (Å²) in [4.78, 5) is 23.7. The Bertz CT molecular complexity index is 1460. The maximum absolute atomic E-state index is 12.5. The van der Waals surface area contributed by atoms with Gasteiger partial charge in [-0.15, -0.1) is 0 Å². The molecule has 0 unspecified atom stereocenters. The van der Waals surface area contributed by atoms with Crippen LogP contribution in [0.5, 0.6) is 5.75 Å². The van der Waals surface area contributed by atoms with Crippen molar-refractivity contribution in [3.8, 4) is 5.75 Å². The Kier molecular flexibility index (Phi) is 6.14. The highest BCUT2D eigenvalue weighted by Gasteiger charge is 2.14. The van der Waals surface area contributed by atoms with E-state index in [9.17, 15) is 18.0 Å². The number of amides is 1. The molecule has 1 amide bonds. The second-order valence-corrected chi connectivity index (χ2v) is 8.97. The van der Waals surface area contributed by atoms with E-state index in [0.29, 0.717) is 22.7 Å². The van der Waals surface area contributed by atoms with Crippen molar-refractivity contribution in [2.75, 3.05) is 16.6 Å². The molecule has 0 saturated heterocycles. The lowest BCUT2D eigenvalue weighted by Crippen LogP contribution is -2.20. The van der Waals surface area contributed by atoms with Gasteiger partial charge in [-0.05, 0) is 61.5 Å². The smallest absolute Gasteiger partial charge is 0.336 e. The Morgan fingerprint density at radius 2 is 1.58 bits per heavy atom. The molecule has 0 saturated carbocycles. The van der Waals surface area contributed by atoms with Crippen LogP contribution in [0, 0.1) is 6.92 Å². The van der Waals surface area contributed by atoms with Crippen LogP contribution in [0.1, 0.15) is 5.56 Å². The molecule has 0 atom stereocenters. The Hall–Kier alpha value is -4.11. The topological polar surface area (TPSA) is 115 Å². The number of ether oxygens (including phenoxy) is 1. The minimum absolute atomic E-state index is 0.163. The van der Waals surface area contributed by atoms with Crippen molar-refractivity contribution in [3.63, 3.8) is 0 Å². The molecule has 33 heavy (non-hydrogen) atoms. The van der Waals surface area contributed by atoms with Crippen molar-refractivity contribution in [2.24, 2.45) is 0 Å². The second-order valence-electron chi connectivity index (χ2n) is 7.29. The molecular formula is C24H20N2O6S. The number of rotatable bonds is 7. The first-order valence-electron chi connectivity index (χ1n) is 9.95. The number of hydrogen-bond donors (Lipinski definition) is 2. The number of aryl methyl sites for hydroxylation is 1. The maximum atomic E-state index is 12.5. The quantitative estimate of drug-likeness (QED) is 0.401. The van der Waals surface area contributed by atoms with Crippen LogP contribution >= 0.6 is 0 Å².